The molecule has 0 saturated heterocycles. The van der Waals surface area contributed by atoms with Crippen LogP contribution in [0.1, 0.15) is 12.8 Å². The van der Waals surface area contributed by atoms with E-state index in [1.165, 1.54) is 0 Å². The van der Waals surface area contributed by atoms with Gasteiger partial charge < -0.3 is 16.4 Å². The van der Waals surface area contributed by atoms with E-state index in [1.54, 1.807) is 0 Å². The predicted molar refractivity (Wildman–Crippen MR) is 34.4 cm³/mol. The third-order valence-electron chi connectivity index (χ3n) is 0.921. The van der Waals surface area contributed by atoms with E-state index in [0.29, 0.717) is 0 Å². The zero-order chi connectivity index (χ0) is 7.98. The lowest BCUT2D eigenvalue weighted by Crippen LogP contribution is -2.10. The average molecular weight is 146 g/mol. The Morgan fingerprint density at radius 2 is 2.20 bits per heavy atom. The first kappa shape index (κ1) is 8.77. The van der Waals surface area contributed by atoms with Gasteiger partial charge in [0.25, 0.3) is 0 Å². The summed E-state index contributed by atoms with van der Waals surface area (Å²) < 4.78 is 0. The Morgan fingerprint density at radius 3 is 2.50 bits per heavy atom. The Morgan fingerprint density at radius 1 is 1.60 bits per heavy atom. The zero-order valence-electron chi connectivity index (χ0n) is 5.41. The van der Waals surface area contributed by atoms with Crippen LogP contribution in [0.3, 0.4) is 0 Å². The first-order valence-corrected chi connectivity index (χ1v) is 2.71. The minimum atomic E-state index is -0.462. The number of carbonyl (C=O) groups is 1. The van der Waals surface area contributed by atoms with Gasteiger partial charge in [0.2, 0.25) is 5.91 Å². The van der Waals surface area contributed by atoms with E-state index in [1.807, 2.05) is 0 Å². The number of carbonyl (C=O) groups excluding carboxylic acids is 1. The molecule has 0 aromatic rings. The molecule has 0 aliphatic heterocycles. The van der Waals surface area contributed by atoms with Gasteiger partial charge >= 0.3 is 0 Å². The van der Waals surface area contributed by atoms with Gasteiger partial charge in [-0.25, -0.2) is 5.26 Å². The first-order valence-electron chi connectivity index (χ1n) is 2.71. The molecular formula is C5H10N2O3. The molecule has 10 heavy (non-hydrogen) atoms. The normalized spacial score (nSPS) is 11.1. The molecule has 5 heteroatoms. The second-order valence-electron chi connectivity index (χ2n) is 1.69. The molecule has 0 spiro atoms. The van der Waals surface area contributed by atoms with Crippen molar-refractivity contribution in [2.24, 2.45) is 11.5 Å². The molecule has 5 N–H and O–H groups in total. The van der Waals surface area contributed by atoms with Crippen LogP contribution in [0.2, 0.25) is 0 Å². The molecule has 0 saturated carbocycles. The van der Waals surface area contributed by atoms with Crippen molar-refractivity contribution in [2.45, 2.75) is 12.8 Å². The molecule has 58 valence electrons. The maximum atomic E-state index is 10.2. The lowest BCUT2D eigenvalue weighted by atomic mass is 10.3. The van der Waals surface area contributed by atoms with Gasteiger partial charge in [0.05, 0.1) is 0 Å². The largest absolute Gasteiger partial charge is 0.402 e. The molecule has 0 aliphatic carbocycles. The van der Waals surface area contributed by atoms with Crippen LogP contribution in [0, 0.1) is 0 Å². The van der Waals surface area contributed by atoms with E-state index in [9.17, 15) is 4.79 Å². The van der Waals surface area contributed by atoms with Crippen LogP contribution in [0.4, 0.5) is 0 Å². The monoisotopic (exact) mass is 146 g/mol. The molecule has 0 bridgehead atoms. The minimum Gasteiger partial charge on any atom is -0.402 e. The number of amides is 1. The molecule has 0 heterocycles. The molecule has 0 aliphatic rings. The van der Waals surface area contributed by atoms with Crippen molar-refractivity contribution in [3.8, 4) is 0 Å². The highest BCUT2D eigenvalue weighted by molar-refractivity contribution is 5.73. The van der Waals surface area contributed by atoms with Crippen molar-refractivity contribution in [3.05, 3.63) is 12.0 Å². The summed E-state index contributed by atoms with van der Waals surface area (Å²) in [5.41, 5.74) is 9.78. The fourth-order valence-corrected chi connectivity index (χ4v) is 0.406. The van der Waals surface area contributed by atoms with Gasteiger partial charge in [0, 0.05) is 19.0 Å². The highest BCUT2D eigenvalue weighted by atomic mass is 17.1. The first-order chi connectivity index (χ1) is 4.70. The predicted octanol–water partition coefficient (Wildman–Crippen LogP) is -0.458. The molecule has 5 nitrogen and oxygen atoms in total. The van der Waals surface area contributed by atoms with E-state index < -0.39 is 5.91 Å². The van der Waals surface area contributed by atoms with Crippen LogP contribution < -0.4 is 11.5 Å². The lowest BCUT2D eigenvalue weighted by Gasteiger charge is -1.98. The summed E-state index contributed by atoms with van der Waals surface area (Å²) in [6, 6.07) is 0. The molecule has 0 fully saturated rings. The van der Waals surface area contributed by atoms with Crippen molar-refractivity contribution in [2.75, 3.05) is 0 Å². The summed E-state index contributed by atoms with van der Waals surface area (Å²) in [5.74, 6) is -0.324. The Kier molecular flexibility index (Phi) is 4.06. The van der Waals surface area contributed by atoms with Gasteiger partial charge in [-0.05, 0) is 0 Å². The molecule has 0 atom stereocenters. The quantitative estimate of drug-likeness (QED) is 0.284. The SMILES string of the molecule is N/C=C(\CCC(N)=O)OO. The van der Waals surface area contributed by atoms with E-state index in [2.05, 4.69) is 4.89 Å². The third-order valence-corrected chi connectivity index (χ3v) is 0.921. The van der Waals surface area contributed by atoms with E-state index in [-0.39, 0.29) is 18.6 Å². The Bertz CT molecular complexity index is 144. The van der Waals surface area contributed by atoms with Crippen molar-refractivity contribution in [3.63, 3.8) is 0 Å². The fourth-order valence-electron chi connectivity index (χ4n) is 0.406. The molecule has 0 aromatic carbocycles. The second kappa shape index (κ2) is 4.63. The third kappa shape index (κ3) is 3.73. The number of allylic oxidation sites excluding steroid dienone is 1. The summed E-state index contributed by atoms with van der Waals surface area (Å²) in [6.07, 6.45) is 1.41. The summed E-state index contributed by atoms with van der Waals surface area (Å²) in [7, 11) is 0. The Hall–Kier alpha value is -1.23. The topological polar surface area (TPSA) is 98.6 Å². The van der Waals surface area contributed by atoms with Crippen LogP contribution in [0.5, 0.6) is 0 Å². The maximum absolute atomic E-state index is 10.2. The number of hydrogen-bond donors (Lipinski definition) is 3. The molecule has 0 rings (SSSR count). The summed E-state index contributed by atoms with van der Waals surface area (Å²) in [5, 5.41) is 8.04. The second-order valence-corrected chi connectivity index (χ2v) is 1.69. The van der Waals surface area contributed by atoms with Crippen molar-refractivity contribution in [1.82, 2.24) is 0 Å². The van der Waals surface area contributed by atoms with Gasteiger partial charge in [-0.2, -0.15) is 0 Å². The fraction of sp³-hybridized carbons (Fsp3) is 0.400. The Labute approximate surface area is 58.2 Å². The van der Waals surface area contributed by atoms with Gasteiger partial charge in [-0.3, -0.25) is 4.79 Å². The summed E-state index contributed by atoms with van der Waals surface area (Å²) in [4.78, 5) is 13.9. The maximum Gasteiger partial charge on any atom is 0.217 e. The molecule has 1 amide bonds. The zero-order valence-corrected chi connectivity index (χ0v) is 5.41. The van der Waals surface area contributed by atoms with Crippen LogP contribution in [0.25, 0.3) is 0 Å². The smallest absolute Gasteiger partial charge is 0.217 e. The highest BCUT2D eigenvalue weighted by Gasteiger charge is 1.99. The number of nitrogens with two attached hydrogens (primary N) is 2. The lowest BCUT2D eigenvalue weighted by molar-refractivity contribution is -0.206. The van der Waals surface area contributed by atoms with Crippen LogP contribution >= 0.6 is 0 Å². The molecule has 0 aromatic heterocycles. The molecular weight excluding hydrogens is 136 g/mol. The molecule has 0 unspecified atom stereocenters. The minimum absolute atomic E-state index is 0.115. The number of hydrogen-bond acceptors (Lipinski definition) is 4. The van der Waals surface area contributed by atoms with E-state index in [0.717, 1.165) is 6.20 Å². The highest BCUT2D eigenvalue weighted by Crippen LogP contribution is 2.01. The van der Waals surface area contributed by atoms with Crippen LogP contribution in [0.15, 0.2) is 12.0 Å². The van der Waals surface area contributed by atoms with E-state index >= 15 is 0 Å². The van der Waals surface area contributed by atoms with Gasteiger partial charge in [-0.15, -0.1) is 0 Å². The van der Waals surface area contributed by atoms with Crippen LogP contribution in [-0.2, 0) is 9.68 Å². The van der Waals surface area contributed by atoms with Crippen molar-refractivity contribution in [1.29, 1.82) is 0 Å². The van der Waals surface area contributed by atoms with E-state index in [4.69, 9.17) is 16.7 Å². The average Bonchev–Trinajstić information content (AvgIpc) is 1.90. The van der Waals surface area contributed by atoms with Gasteiger partial charge in [-0.1, -0.05) is 0 Å². The van der Waals surface area contributed by atoms with Crippen molar-refractivity contribution < 1.29 is 14.9 Å². The standard InChI is InChI=1S/C5H10N2O3/c6-3-4(10-9)1-2-5(7)8/h3,9H,1-2,6H2,(H2,7,8)/b4-3+. The van der Waals surface area contributed by atoms with Gasteiger partial charge in [0.1, 0.15) is 0 Å². The summed E-state index contributed by atoms with van der Waals surface area (Å²) in [6.45, 7) is 0. The number of rotatable bonds is 4. The summed E-state index contributed by atoms with van der Waals surface area (Å²) >= 11 is 0. The van der Waals surface area contributed by atoms with Crippen LogP contribution in [-0.4, -0.2) is 11.2 Å². The van der Waals surface area contributed by atoms with Crippen molar-refractivity contribution >= 4 is 5.91 Å². The number of primary amides is 1. The van der Waals surface area contributed by atoms with Gasteiger partial charge in [0.15, 0.2) is 5.76 Å². The molecule has 0 radical (unpaired) electrons. The Balaban J connectivity index is 3.56.